The lowest BCUT2D eigenvalue weighted by Gasteiger charge is -2.19. The predicted molar refractivity (Wildman–Crippen MR) is 106 cm³/mol. The Labute approximate surface area is 166 Å². The number of aromatic nitrogens is 4. The van der Waals surface area contributed by atoms with Gasteiger partial charge >= 0.3 is 7.60 Å². The number of nitrogens with zero attached hydrogens (tertiary/aromatic N) is 4. The summed E-state index contributed by atoms with van der Waals surface area (Å²) in [7, 11) is -4.33. The van der Waals surface area contributed by atoms with Gasteiger partial charge in [-0.2, -0.15) is 4.98 Å². The Morgan fingerprint density at radius 2 is 1.97 bits per heavy atom. The number of nitrogen functional groups attached to an aromatic ring is 1. The van der Waals surface area contributed by atoms with Crippen molar-refractivity contribution in [1.82, 2.24) is 19.5 Å². The molecular formula is C17H23N6O5P. The van der Waals surface area contributed by atoms with Gasteiger partial charge < -0.3 is 35.3 Å². The zero-order chi connectivity index (χ0) is 20.9. The Hall–Kier alpha value is -2.40. The van der Waals surface area contributed by atoms with E-state index in [4.69, 9.17) is 30.7 Å². The third-order valence-corrected chi connectivity index (χ3v) is 4.53. The van der Waals surface area contributed by atoms with Crippen LogP contribution >= 0.6 is 7.60 Å². The van der Waals surface area contributed by atoms with Gasteiger partial charge in [0.15, 0.2) is 5.65 Å². The summed E-state index contributed by atoms with van der Waals surface area (Å²) in [6, 6.07) is 9.54. The van der Waals surface area contributed by atoms with Crippen LogP contribution in [-0.2, 0) is 33.7 Å². The summed E-state index contributed by atoms with van der Waals surface area (Å²) < 4.78 is 24.0. The fourth-order valence-corrected chi connectivity index (χ4v) is 3.16. The maximum absolute atomic E-state index is 11.2. The molecule has 11 nitrogen and oxygen atoms in total. The molecule has 29 heavy (non-hydrogen) atoms. The highest BCUT2D eigenvalue weighted by molar-refractivity contribution is 7.51. The first-order valence-corrected chi connectivity index (χ1v) is 10.6. The molecule has 0 aliphatic carbocycles. The molecule has 1 unspecified atom stereocenters. The molecule has 0 amide bonds. The van der Waals surface area contributed by atoms with Crippen LogP contribution in [-0.4, -0.2) is 48.4 Å². The van der Waals surface area contributed by atoms with Crippen LogP contribution in [0.3, 0.4) is 0 Å². The number of ether oxygens (including phenoxy) is 2. The van der Waals surface area contributed by atoms with E-state index in [2.05, 4.69) is 15.0 Å². The monoisotopic (exact) mass is 422 g/mol. The minimum atomic E-state index is -4.33. The zero-order valence-electron chi connectivity index (χ0n) is 15.6. The third-order valence-electron chi connectivity index (χ3n) is 4.04. The van der Waals surface area contributed by atoms with Crippen LogP contribution in [0.4, 0.5) is 5.95 Å². The van der Waals surface area contributed by atoms with Crippen molar-refractivity contribution < 1.29 is 23.8 Å². The van der Waals surface area contributed by atoms with Crippen molar-refractivity contribution in [2.45, 2.75) is 25.8 Å². The van der Waals surface area contributed by atoms with Gasteiger partial charge in [0.25, 0.3) is 0 Å². The number of nitrogens with two attached hydrogens (primary N) is 2. The van der Waals surface area contributed by atoms with Gasteiger partial charge in [-0.05, 0) is 5.56 Å². The van der Waals surface area contributed by atoms with Crippen LogP contribution in [0.5, 0.6) is 0 Å². The van der Waals surface area contributed by atoms with E-state index in [1.165, 1.54) is 6.33 Å². The minimum Gasteiger partial charge on any atom is -0.374 e. The molecule has 0 radical (unpaired) electrons. The number of hydrogen-bond acceptors (Lipinski definition) is 8. The summed E-state index contributed by atoms with van der Waals surface area (Å²) >= 11 is 0. The molecule has 0 bridgehead atoms. The number of benzene rings is 1. The average Bonchev–Trinajstić information content (AvgIpc) is 3.08. The van der Waals surface area contributed by atoms with Gasteiger partial charge in [0.2, 0.25) is 5.95 Å². The van der Waals surface area contributed by atoms with Crippen LogP contribution < -0.4 is 11.5 Å². The van der Waals surface area contributed by atoms with Crippen LogP contribution in [0.1, 0.15) is 11.3 Å². The lowest BCUT2D eigenvalue weighted by Crippen LogP contribution is -2.26. The van der Waals surface area contributed by atoms with E-state index in [0.717, 1.165) is 5.56 Å². The maximum Gasteiger partial charge on any atom is 0.350 e. The van der Waals surface area contributed by atoms with Crippen LogP contribution in [0.2, 0.25) is 0 Å². The quantitative estimate of drug-likeness (QED) is 0.339. The fraction of sp³-hybridized carbons (Fsp3) is 0.353. The highest BCUT2D eigenvalue weighted by Crippen LogP contribution is 2.34. The second-order valence-corrected chi connectivity index (χ2v) is 7.97. The number of fused-ring (bicyclic) bond motifs is 1. The Morgan fingerprint density at radius 1 is 1.21 bits per heavy atom. The van der Waals surface area contributed by atoms with Gasteiger partial charge in [0, 0.05) is 6.54 Å². The highest BCUT2D eigenvalue weighted by Gasteiger charge is 2.20. The van der Waals surface area contributed by atoms with Crippen molar-refractivity contribution in [1.29, 1.82) is 0 Å². The minimum absolute atomic E-state index is 0.0627. The summed E-state index contributed by atoms with van der Waals surface area (Å²) in [6.07, 6.45) is 0.161. The molecule has 0 saturated carbocycles. The number of imidazole rings is 1. The van der Waals surface area contributed by atoms with Gasteiger partial charge in [0.05, 0.1) is 37.9 Å². The molecular weight excluding hydrogens is 399 g/mol. The number of anilines is 1. The maximum atomic E-state index is 11.2. The second kappa shape index (κ2) is 9.40. The summed E-state index contributed by atoms with van der Waals surface area (Å²) in [6.45, 7) is 0.802. The molecule has 0 spiro atoms. The van der Waals surface area contributed by atoms with E-state index in [1.54, 1.807) is 4.57 Å². The highest BCUT2D eigenvalue weighted by atomic mass is 31.2. The SMILES string of the molecule is NCc1nc(N)nc2c1ncn2CC(COCc1ccccc1)OCP(=O)(O)O. The molecule has 2 aromatic heterocycles. The molecule has 156 valence electrons. The molecule has 0 fully saturated rings. The first-order chi connectivity index (χ1) is 13.9. The molecule has 0 aliphatic rings. The number of rotatable bonds is 10. The van der Waals surface area contributed by atoms with Crippen LogP contribution in [0.15, 0.2) is 36.7 Å². The summed E-state index contributed by atoms with van der Waals surface area (Å²) in [4.78, 5) is 30.8. The Balaban J connectivity index is 1.74. The van der Waals surface area contributed by atoms with E-state index in [0.29, 0.717) is 23.5 Å². The van der Waals surface area contributed by atoms with Crippen molar-refractivity contribution in [2.75, 3.05) is 18.7 Å². The molecule has 0 saturated heterocycles. The first kappa shape index (κ1) is 21.3. The van der Waals surface area contributed by atoms with Gasteiger partial charge in [-0.25, -0.2) is 9.97 Å². The lowest BCUT2D eigenvalue weighted by atomic mass is 10.2. The number of hydrogen-bond donors (Lipinski definition) is 4. The summed E-state index contributed by atoms with van der Waals surface area (Å²) in [5.74, 6) is 0.0627. The molecule has 1 aromatic carbocycles. The Bertz CT molecular complexity index is 993. The Kier molecular flexibility index (Phi) is 6.91. The third kappa shape index (κ3) is 6.04. The predicted octanol–water partition coefficient (Wildman–Crippen LogP) is 0.604. The molecule has 12 heteroatoms. The lowest BCUT2D eigenvalue weighted by molar-refractivity contribution is -0.0170. The van der Waals surface area contributed by atoms with Crippen molar-refractivity contribution in [3.05, 3.63) is 47.9 Å². The molecule has 3 aromatic rings. The van der Waals surface area contributed by atoms with Gasteiger partial charge in [-0.3, -0.25) is 4.57 Å². The van der Waals surface area contributed by atoms with Gasteiger partial charge in [0.1, 0.15) is 11.9 Å². The van der Waals surface area contributed by atoms with Gasteiger partial charge in [-0.15, -0.1) is 0 Å². The smallest absolute Gasteiger partial charge is 0.350 e. The average molecular weight is 422 g/mol. The van der Waals surface area contributed by atoms with E-state index < -0.39 is 20.0 Å². The summed E-state index contributed by atoms with van der Waals surface area (Å²) in [5.41, 5.74) is 13.9. The van der Waals surface area contributed by atoms with E-state index in [1.807, 2.05) is 30.3 Å². The van der Waals surface area contributed by atoms with Crippen molar-refractivity contribution in [3.8, 4) is 0 Å². The summed E-state index contributed by atoms with van der Waals surface area (Å²) in [5, 5.41) is 0. The van der Waals surface area contributed by atoms with E-state index in [9.17, 15) is 4.57 Å². The molecule has 6 N–H and O–H groups in total. The second-order valence-electron chi connectivity index (χ2n) is 6.38. The molecule has 0 aliphatic heterocycles. The normalized spacial score (nSPS) is 13.1. The zero-order valence-corrected chi connectivity index (χ0v) is 16.5. The standard InChI is InChI=1S/C17H23N6O5P/c18-6-14-15-16(22-17(19)21-14)23(10-20-15)7-13(28-11-29(24,25)26)9-27-8-12-4-2-1-3-5-12/h1-5,10,13H,6-9,11,18H2,(H2,19,21,22)(H2,24,25,26). The molecule has 2 heterocycles. The van der Waals surface area contributed by atoms with Crippen molar-refractivity contribution in [3.63, 3.8) is 0 Å². The van der Waals surface area contributed by atoms with E-state index in [-0.39, 0.29) is 25.6 Å². The van der Waals surface area contributed by atoms with Crippen molar-refractivity contribution >= 4 is 24.7 Å². The molecule has 3 rings (SSSR count). The first-order valence-electron chi connectivity index (χ1n) is 8.81. The fourth-order valence-electron chi connectivity index (χ4n) is 2.76. The van der Waals surface area contributed by atoms with Crippen LogP contribution in [0, 0.1) is 0 Å². The molecule has 1 atom stereocenters. The Morgan fingerprint density at radius 3 is 2.66 bits per heavy atom. The van der Waals surface area contributed by atoms with Crippen LogP contribution in [0.25, 0.3) is 11.2 Å². The topological polar surface area (TPSA) is 172 Å². The van der Waals surface area contributed by atoms with Gasteiger partial charge in [-0.1, -0.05) is 30.3 Å². The van der Waals surface area contributed by atoms with Crippen molar-refractivity contribution in [2.24, 2.45) is 5.73 Å². The van der Waals surface area contributed by atoms with E-state index >= 15 is 0 Å². The largest absolute Gasteiger partial charge is 0.374 e.